The van der Waals surface area contributed by atoms with E-state index in [1.165, 1.54) is 6.08 Å². The third-order valence-electron chi connectivity index (χ3n) is 3.42. The molecule has 0 aliphatic rings. The predicted molar refractivity (Wildman–Crippen MR) is 108 cm³/mol. The molecule has 3 rings (SSSR count). The Morgan fingerprint density at radius 2 is 1.84 bits per heavy atom. The van der Waals surface area contributed by atoms with Crippen LogP contribution in [0.4, 0.5) is 11.4 Å². The van der Waals surface area contributed by atoms with Crippen LogP contribution in [0.3, 0.4) is 0 Å². The second-order valence-corrected chi connectivity index (χ2v) is 6.95. The highest BCUT2D eigenvalue weighted by atomic mass is 79.9. The van der Waals surface area contributed by atoms with Crippen molar-refractivity contribution in [3.63, 3.8) is 0 Å². The van der Waals surface area contributed by atoms with Gasteiger partial charge >= 0.3 is 0 Å². The lowest BCUT2D eigenvalue weighted by Crippen LogP contribution is -2.08. The molecular weight excluding hydrogens is 448 g/mol. The van der Waals surface area contributed by atoms with Gasteiger partial charge in [0.15, 0.2) is 0 Å². The Labute approximate surface area is 162 Å². The molecule has 0 unspecified atom stereocenters. The van der Waals surface area contributed by atoms with Crippen LogP contribution in [0, 0.1) is 0 Å². The first-order chi connectivity index (χ1) is 12.0. The smallest absolute Gasteiger partial charge is 0.248 e. The van der Waals surface area contributed by atoms with E-state index in [1.54, 1.807) is 24.3 Å². The molecule has 126 valence electrons. The third kappa shape index (κ3) is 4.41. The van der Waals surface area contributed by atoms with Crippen LogP contribution in [0.1, 0.15) is 5.76 Å². The van der Waals surface area contributed by atoms with Crippen LogP contribution in [-0.4, -0.2) is 5.91 Å². The van der Waals surface area contributed by atoms with Crippen LogP contribution >= 0.6 is 31.9 Å². The molecule has 0 saturated carbocycles. The van der Waals surface area contributed by atoms with Crippen molar-refractivity contribution in [2.45, 2.75) is 0 Å². The Bertz CT molecular complexity index is 948. The van der Waals surface area contributed by atoms with E-state index in [0.717, 1.165) is 20.3 Å². The number of hydrogen-bond acceptors (Lipinski definition) is 3. The molecule has 0 radical (unpaired) electrons. The normalized spacial score (nSPS) is 11.0. The number of nitrogens with one attached hydrogen (secondary N) is 1. The topological polar surface area (TPSA) is 68.3 Å². The van der Waals surface area contributed by atoms with Gasteiger partial charge in [-0.1, -0.05) is 34.1 Å². The van der Waals surface area contributed by atoms with Crippen LogP contribution in [0.15, 0.2) is 74.0 Å². The molecule has 3 N–H and O–H groups in total. The molecule has 25 heavy (non-hydrogen) atoms. The van der Waals surface area contributed by atoms with E-state index in [1.807, 2.05) is 36.4 Å². The highest BCUT2D eigenvalue weighted by Gasteiger charge is 2.07. The van der Waals surface area contributed by atoms with Gasteiger partial charge in [-0.05, 0) is 58.4 Å². The molecule has 4 nitrogen and oxygen atoms in total. The quantitative estimate of drug-likeness (QED) is 0.386. The maximum Gasteiger partial charge on any atom is 0.248 e. The number of nitrogen functional groups attached to an aromatic ring is 1. The number of hydrogen-bond donors (Lipinski definition) is 2. The van der Waals surface area contributed by atoms with Gasteiger partial charge in [0.05, 0.1) is 5.69 Å². The Morgan fingerprint density at radius 3 is 2.60 bits per heavy atom. The number of benzene rings is 2. The van der Waals surface area contributed by atoms with Gasteiger partial charge in [0.1, 0.15) is 11.5 Å². The van der Waals surface area contributed by atoms with E-state index < -0.39 is 0 Å². The van der Waals surface area contributed by atoms with E-state index in [0.29, 0.717) is 17.1 Å². The first-order valence-electron chi connectivity index (χ1n) is 7.42. The number of carbonyl (C=O) groups is 1. The molecule has 0 saturated heterocycles. The molecule has 0 bridgehead atoms. The number of amides is 1. The SMILES string of the molecule is Nc1ccc(NC(=O)/C=C/c2ccc(-c3ccccc3Br)o2)c(Br)c1. The van der Waals surface area contributed by atoms with Crippen molar-refractivity contribution in [1.82, 2.24) is 0 Å². The second-order valence-electron chi connectivity index (χ2n) is 5.24. The Hall–Kier alpha value is -2.31. The molecule has 1 amide bonds. The molecule has 3 aromatic rings. The van der Waals surface area contributed by atoms with Crippen molar-refractivity contribution in [2.24, 2.45) is 0 Å². The number of halogens is 2. The number of nitrogens with two attached hydrogens (primary N) is 1. The lowest BCUT2D eigenvalue weighted by molar-refractivity contribution is -0.111. The molecule has 0 spiro atoms. The van der Waals surface area contributed by atoms with Crippen molar-refractivity contribution in [2.75, 3.05) is 11.1 Å². The van der Waals surface area contributed by atoms with Crippen molar-refractivity contribution in [3.05, 3.63) is 75.4 Å². The maximum atomic E-state index is 12.1. The van der Waals surface area contributed by atoms with Crippen LogP contribution in [0.25, 0.3) is 17.4 Å². The van der Waals surface area contributed by atoms with E-state index >= 15 is 0 Å². The van der Waals surface area contributed by atoms with Gasteiger partial charge in [-0.3, -0.25) is 4.79 Å². The fourth-order valence-electron chi connectivity index (χ4n) is 2.21. The molecule has 6 heteroatoms. The maximum absolute atomic E-state index is 12.1. The number of rotatable bonds is 4. The van der Waals surface area contributed by atoms with Crippen LogP contribution in [0.2, 0.25) is 0 Å². The zero-order valence-electron chi connectivity index (χ0n) is 13.0. The summed E-state index contributed by atoms with van der Waals surface area (Å²) in [5.41, 5.74) is 7.91. The van der Waals surface area contributed by atoms with Crippen molar-refractivity contribution >= 4 is 55.2 Å². The lowest BCUT2D eigenvalue weighted by Gasteiger charge is -2.05. The molecule has 0 fully saturated rings. The molecule has 1 heterocycles. The van der Waals surface area contributed by atoms with Crippen LogP contribution in [-0.2, 0) is 4.79 Å². The predicted octanol–water partition coefficient (Wildman–Crippen LogP) is 5.71. The van der Waals surface area contributed by atoms with Crippen LogP contribution in [0.5, 0.6) is 0 Å². The highest BCUT2D eigenvalue weighted by Crippen LogP contribution is 2.29. The Morgan fingerprint density at radius 1 is 1.04 bits per heavy atom. The van der Waals surface area contributed by atoms with Gasteiger partial charge in [0.25, 0.3) is 0 Å². The lowest BCUT2D eigenvalue weighted by atomic mass is 10.2. The summed E-state index contributed by atoms with van der Waals surface area (Å²) in [4.78, 5) is 12.1. The van der Waals surface area contributed by atoms with Gasteiger partial charge in [-0.2, -0.15) is 0 Å². The average molecular weight is 462 g/mol. The van der Waals surface area contributed by atoms with Crippen molar-refractivity contribution in [3.8, 4) is 11.3 Å². The monoisotopic (exact) mass is 460 g/mol. The van der Waals surface area contributed by atoms with Crippen molar-refractivity contribution < 1.29 is 9.21 Å². The number of furan rings is 1. The average Bonchev–Trinajstić information content (AvgIpc) is 3.05. The Kier molecular flexibility index (Phi) is 5.40. The van der Waals surface area contributed by atoms with Crippen LogP contribution < -0.4 is 11.1 Å². The highest BCUT2D eigenvalue weighted by molar-refractivity contribution is 9.11. The van der Waals surface area contributed by atoms with E-state index in [4.69, 9.17) is 10.2 Å². The minimum absolute atomic E-state index is 0.260. The molecule has 1 aromatic heterocycles. The largest absolute Gasteiger partial charge is 0.457 e. The fourth-order valence-corrected chi connectivity index (χ4v) is 3.19. The van der Waals surface area contributed by atoms with E-state index in [2.05, 4.69) is 37.2 Å². The zero-order valence-corrected chi connectivity index (χ0v) is 16.2. The molecular formula is C19H14Br2N2O2. The molecule has 0 atom stereocenters. The number of carbonyl (C=O) groups excluding carboxylic acids is 1. The minimum atomic E-state index is -0.260. The summed E-state index contributed by atoms with van der Waals surface area (Å²) in [6, 6.07) is 16.7. The van der Waals surface area contributed by atoms with Gasteiger partial charge in [-0.15, -0.1) is 0 Å². The van der Waals surface area contributed by atoms with Gasteiger partial charge in [0.2, 0.25) is 5.91 Å². The summed E-state index contributed by atoms with van der Waals surface area (Å²) in [5, 5.41) is 2.78. The third-order valence-corrected chi connectivity index (χ3v) is 4.76. The summed E-state index contributed by atoms with van der Waals surface area (Å²) in [6.07, 6.45) is 3.05. The zero-order chi connectivity index (χ0) is 17.8. The van der Waals surface area contributed by atoms with E-state index in [9.17, 15) is 4.79 Å². The van der Waals surface area contributed by atoms with Gasteiger partial charge in [-0.25, -0.2) is 0 Å². The minimum Gasteiger partial charge on any atom is -0.457 e. The molecule has 0 aliphatic carbocycles. The fraction of sp³-hybridized carbons (Fsp3) is 0. The first kappa shape index (κ1) is 17.5. The summed E-state index contributed by atoms with van der Waals surface area (Å²) in [6.45, 7) is 0. The number of anilines is 2. The molecule has 2 aromatic carbocycles. The van der Waals surface area contributed by atoms with Crippen molar-refractivity contribution in [1.29, 1.82) is 0 Å². The summed E-state index contributed by atoms with van der Waals surface area (Å²) < 4.78 is 7.44. The van der Waals surface area contributed by atoms with E-state index in [-0.39, 0.29) is 5.91 Å². The van der Waals surface area contributed by atoms with Gasteiger partial charge in [0, 0.05) is 26.3 Å². The first-order valence-corrected chi connectivity index (χ1v) is 9.00. The summed E-state index contributed by atoms with van der Waals surface area (Å²) in [7, 11) is 0. The summed E-state index contributed by atoms with van der Waals surface area (Å²) in [5.74, 6) is 1.07. The standard InChI is InChI=1S/C19H14Br2N2O2/c20-15-4-2-1-3-14(15)18-9-6-13(25-18)7-10-19(24)23-17-8-5-12(22)11-16(17)21/h1-11H,22H2,(H,23,24)/b10-7+. The van der Waals surface area contributed by atoms with Gasteiger partial charge < -0.3 is 15.5 Å². The second kappa shape index (κ2) is 7.72. The Balaban J connectivity index is 1.70. The molecule has 0 aliphatic heterocycles. The summed E-state index contributed by atoms with van der Waals surface area (Å²) >= 11 is 6.86.